The van der Waals surface area contributed by atoms with E-state index in [2.05, 4.69) is 0 Å². The van der Waals surface area contributed by atoms with E-state index in [1.165, 1.54) is 17.3 Å². The van der Waals surface area contributed by atoms with E-state index in [1.807, 2.05) is 6.92 Å². The van der Waals surface area contributed by atoms with Gasteiger partial charge in [-0.25, -0.2) is 12.8 Å². The van der Waals surface area contributed by atoms with Crippen LogP contribution in [-0.4, -0.2) is 25.8 Å². The largest absolute Gasteiger partial charge is 0.398 e. The minimum Gasteiger partial charge on any atom is -0.398 e. The highest BCUT2D eigenvalue weighted by Crippen LogP contribution is 2.28. The fourth-order valence-corrected chi connectivity index (χ4v) is 3.90. The minimum absolute atomic E-state index is 0.0511. The molecule has 1 aromatic rings. The van der Waals surface area contributed by atoms with E-state index in [4.69, 9.17) is 5.73 Å². The van der Waals surface area contributed by atoms with Crippen LogP contribution >= 0.6 is 0 Å². The Hall–Kier alpha value is -1.14. The monoisotopic (exact) mass is 286 g/mol. The summed E-state index contributed by atoms with van der Waals surface area (Å²) in [7, 11) is -3.63. The lowest BCUT2D eigenvalue weighted by molar-refractivity contribution is 0.452. The molecule has 1 aliphatic heterocycles. The predicted octanol–water partition coefficient (Wildman–Crippen LogP) is 2.14. The van der Waals surface area contributed by atoms with E-state index in [0.29, 0.717) is 19.0 Å². The van der Waals surface area contributed by atoms with Crippen LogP contribution in [0.25, 0.3) is 0 Å². The normalized spacial score (nSPS) is 20.9. The van der Waals surface area contributed by atoms with Crippen molar-refractivity contribution in [3.05, 3.63) is 23.5 Å². The lowest BCUT2D eigenvalue weighted by Gasteiger charge is -2.17. The maximum atomic E-state index is 13.6. The van der Waals surface area contributed by atoms with Gasteiger partial charge >= 0.3 is 0 Å². The third-order valence-electron chi connectivity index (χ3n) is 3.82. The first-order valence-corrected chi connectivity index (χ1v) is 7.86. The van der Waals surface area contributed by atoms with Crippen LogP contribution < -0.4 is 5.73 Å². The van der Waals surface area contributed by atoms with E-state index in [0.717, 1.165) is 18.9 Å². The lowest BCUT2D eigenvalue weighted by atomic mass is 10.1. The van der Waals surface area contributed by atoms with Crippen LogP contribution in [0.4, 0.5) is 10.1 Å². The number of hydrogen-bond acceptors (Lipinski definition) is 3. The van der Waals surface area contributed by atoms with Crippen molar-refractivity contribution in [1.82, 2.24) is 4.31 Å². The summed E-state index contributed by atoms with van der Waals surface area (Å²) in [6.45, 7) is 4.58. The molecular weight excluding hydrogens is 267 g/mol. The number of nitrogens with two attached hydrogens (primary N) is 1. The zero-order valence-corrected chi connectivity index (χ0v) is 12.0. The number of halogens is 1. The fraction of sp³-hybridized carbons (Fsp3) is 0.538. The molecule has 1 saturated heterocycles. The molecule has 4 nitrogen and oxygen atoms in total. The van der Waals surface area contributed by atoms with Gasteiger partial charge in [-0.2, -0.15) is 4.31 Å². The second-order valence-electron chi connectivity index (χ2n) is 5.05. The number of anilines is 1. The molecule has 1 aliphatic rings. The second kappa shape index (κ2) is 5.09. The Kier molecular flexibility index (Phi) is 3.82. The van der Waals surface area contributed by atoms with Crippen LogP contribution in [0.15, 0.2) is 17.0 Å². The number of benzene rings is 1. The van der Waals surface area contributed by atoms with Crippen LogP contribution in [0.3, 0.4) is 0 Å². The fourth-order valence-electron chi connectivity index (χ4n) is 2.32. The van der Waals surface area contributed by atoms with Gasteiger partial charge in [0, 0.05) is 24.3 Å². The van der Waals surface area contributed by atoms with Crippen molar-refractivity contribution in [2.75, 3.05) is 18.8 Å². The van der Waals surface area contributed by atoms with Gasteiger partial charge in [0.15, 0.2) is 0 Å². The average molecular weight is 286 g/mol. The smallest absolute Gasteiger partial charge is 0.243 e. The molecule has 0 aliphatic carbocycles. The molecule has 1 aromatic carbocycles. The molecule has 106 valence electrons. The van der Waals surface area contributed by atoms with Crippen molar-refractivity contribution < 1.29 is 12.8 Å². The van der Waals surface area contributed by atoms with Gasteiger partial charge in [-0.1, -0.05) is 13.3 Å². The zero-order valence-electron chi connectivity index (χ0n) is 11.2. The van der Waals surface area contributed by atoms with Crippen LogP contribution in [-0.2, 0) is 10.0 Å². The molecule has 1 atom stereocenters. The summed E-state index contributed by atoms with van der Waals surface area (Å²) in [6.07, 6.45) is 1.82. The summed E-state index contributed by atoms with van der Waals surface area (Å²) in [5.74, 6) is -0.188. The molecule has 6 heteroatoms. The highest BCUT2D eigenvalue weighted by molar-refractivity contribution is 7.89. The standard InChI is InChI=1S/C13H19FN2O2S/c1-3-10-4-5-16(8-10)19(17,18)11-6-12(14)9(2)13(15)7-11/h6-7,10H,3-5,8,15H2,1-2H3. The molecule has 2 N–H and O–H groups in total. The maximum Gasteiger partial charge on any atom is 0.243 e. The Labute approximate surface area is 113 Å². The van der Waals surface area contributed by atoms with E-state index in [9.17, 15) is 12.8 Å². The van der Waals surface area contributed by atoms with Crippen LogP contribution in [0.5, 0.6) is 0 Å². The summed E-state index contributed by atoms with van der Waals surface area (Å²) >= 11 is 0. The van der Waals surface area contributed by atoms with Crippen LogP contribution in [0.2, 0.25) is 0 Å². The topological polar surface area (TPSA) is 63.4 Å². The van der Waals surface area contributed by atoms with Gasteiger partial charge < -0.3 is 5.73 Å². The molecule has 19 heavy (non-hydrogen) atoms. The van der Waals surface area contributed by atoms with E-state index >= 15 is 0 Å². The van der Waals surface area contributed by atoms with Crippen LogP contribution in [0, 0.1) is 18.7 Å². The van der Waals surface area contributed by atoms with Gasteiger partial charge in [-0.3, -0.25) is 0 Å². The number of sulfonamides is 1. The van der Waals surface area contributed by atoms with Gasteiger partial charge in [0.2, 0.25) is 10.0 Å². The highest BCUT2D eigenvalue weighted by Gasteiger charge is 2.32. The summed E-state index contributed by atoms with van der Waals surface area (Å²) in [4.78, 5) is -0.0511. The maximum absolute atomic E-state index is 13.6. The zero-order chi connectivity index (χ0) is 14.2. The van der Waals surface area contributed by atoms with Crippen molar-refractivity contribution in [1.29, 1.82) is 0 Å². The summed E-state index contributed by atoms with van der Waals surface area (Å²) in [5, 5.41) is 0. The molecule has 0 saturated carbocycles. The Morgan fingerprint density at radius 2 is 2.16 bits per heavy atom. The Balaban J connectivity index is 2.35. The molecule has 0 spiro atoms. The first-order chi connectivity index (χ1) is 8.86. The molecular formula is C13H19FN2O2S. The summed E-state index contributed by atoms with van der Waals surface area (Å²) in [6, 6.07) is 2.40. The van der Waals surface area contributed by atoms with Crippen molar-refractivity contribution >= 4 is 15.7 Å². The Morgan fingerprint density at radius 3 is 2.68 bits per heavy atom. The molecule has 1 fully saturated rings. The van der Waals surface area contributed by atoms with Gasteiger partial charge in [-0.05, 0) is 31.4 Å². The van der Waals surface area contributed by atoms with E-state index < -0.39 is 15.8 Å². The molecule has 0 amide bonds. The number of rotatable bonds is 3. The molecule has 0 aromatic heterocycles. The average Bonchev–Trinajstić information content (AvgIpc) is 2.84. The Bertz CT molecular complexity index is 563. The first-order valence-electron chi connectivity index (χ1n) is 6.42. The SMILES string of the molecule is CCC1CCN(S(=O)(=O)c2cc(N)c(C)c(F)c2)C1. The van der Waals surface area contributed by atoms with Crippen molar-refractivity contribution in [3.8, 4) is 0 Å². The van der Waals surface area contributed by atoms with Gasteiger partial charge in [0.05, 0.1) is 4.90 Å². The number of nitrogen functional groups attached to an aromatic ring is 1. The summed E-state index contributed by atoms with van der Waals surface area (Å²) < 4.78 is 39.9. The molecule has 2 rings (SSSR count). The van der Waals surface area contributed by atoms with Gasteiger partial charge in [0.1, 0.15) is 5.82 Å². The van der Waals surface area contributed by atoms with E-state index in [1.54, 1.807) is 0 Å². The third-order valence-corrected chi connectivity index (χ3v) is 5.66. The minimum atomic E-state index is -3.63. The molecule has 0 radical (unpaired) electrons. The molecule has 0 bridgehead atoms. The van der Waals surface area contributed by atoms with Crippen LogP contribution in [0.1, 0.15) is 25.3 Å². The van der Waals surface area contributed by atoms with Crippen molar-refractivity contribution in [2.24, 2.45) is 5.92 Å². The quantitative estimate of drug-likeness (QED) is 0.866. The molecule has 1 heterocycles. The third kappa shape index (κ3) is 2.60. The highest BCUT2D eigenvalue weighted by atomic mass is 32.2. The van der Waals surface area contributed by atoms with Gasteiger partial charge in [0.25, 0.3) is 0 Å². The van der Waals surface area contributed by atoms with Gasteiger partial charge in [-0.15, -0.1) is 0 Å². The lowest BCUT2D eigenvalue weighted by Crippen LogP contribution is -2.29. The van der Waals surface area contributed by atoms with Crippen molar-refractivity contribution in [3.63, 3.8) is 0 Å². The predicted molar refractivity (Wildman–Crippen MR) is 72.7 cm³/mol. The van der Waals surface area contributed by atoms with E-state index in [-0.39, 0.29) is 16.1 Å². The van der Waals surface area contributed by atoms with Crippen molar-refractivity contribution in [2.45, 2.75) is 31.6 Å². The number of hydrogen-bond donors (Lipinski definition) is 1. The first kappa shape index (κ1) is 14.3. The Morgan fingerprint density at radius 1 is 1.47 bits per heavy atom. The number of nitrogens with zero attached hydrogens (tertiary/aromatic N) is 1. The second-order valence-corrected chi connectivity index (χ2v) is 6.98. The molecule has 1 unspecified atom stereocenters. The summed E-state index contributed by atoms with van der Waals surface area (Å²) in [5.41, 5.74) is 6.10.